The van der Waals surface area contributed by atoms with E-state index < -0.39 is 0 Å². The van der Waals surface area contributed by atoms with E-state index in [0.29, 0.717) is 25.0 Å². The smallest absolute Gasteiger partial charge is 0.0700 e. The van der Waals surface area contributed by atoms with Crippen LogP contribution in [-0.4, -0.2) is 72.5 Å². The van der Waals surface area contributed by atoms with E-state index in [0.717, 1.165) is 13.2 Å². The summed E-state index contributed by atoms with van der Waals surface area (Å²) in [7, 11) is 4.48. The average Bonchev–Trinajstić information content (AvgIpc) is 2.77. The van der Waals surface area contributed by atoms with Gasteiger partial charge in [-0.1, -0.05) is 0 Å². The Balaban J connectivity index is 1.69. The van der Waals surface area contributed by atoms with Crippen molar-refractivity contribution in [3.05, 3.63) is 0 Å². The molecule has 2 atom stereocenters. The summed E-state index contributed by atoms with van der Waals surface area (Å²) in [6.45, 7) is 21.7. The molecule has 2 unspecified atom stereocenters. The molecule has 0 aliphatic carbocycles. The topological polar surface area (TPSA) is 24.9 Å². The number of likely N-dealkylation sites (tertiary alicyclic amines) is 2. The third kappa shape index (κ3) is 4.14. The number of ether oxygens (including phenoxy) is 2. The van der Waals surface area contributed by atoms with E-state index in [9.17, 15) is 0 Å². The second-order valence-electron chi connectivity index (χ2n) is 11.0. The number of rotatable bonds is 7. The van der Waals surface area contributed by atoms with Gasteiger partial charge in [0.2, 0.25) is 0 Å². The molecular weight excluding hydrogens is 324 g/mol. The highest BCUT2D eigenvalue weighted by Crippen LogP contribution is 2.44. The first-order valence-electron chi connectivity index (χ1n) is 10.4. The molecule has 0 spiro atoms. The maximum Gasteiger partial charge on any atom is 0.0700 e. The van der Waals surface area contributed by atoms with E-state index >= 15 is 0 Å². The molecule has 2 rings (SSSR count). The Morgan fingerprint density at radius 2 is 0.962 bits per heavy atom. The molecule has 0 saturated carbocycles. The fraction of sp³-hybridized carbons (Fsp3) is 1.00. The van der Waals surface area contributed by atoms with Gasteiger partial charge in [0.25, 0.3) is 0 Å². The van der Waals surface area contributed by atoms with Crippen molar-refractivity contribution in [1.82, 2.24) is 9.80 Å². The van der Waals surface area contributed by atoms with Crippen LogP contribution in [0.25, 0.3) is 0 Å². The Kier molecular flexibility index (Phi) is 6.25. The molecule has 2 aliphatic heterocycles. The molecular formula is C22H44N2O2. The lowest BCUT2D eigenvalue weighted by atomic mass is 9.87. The van der Waals surface area contributed by atoms with Crippen LogP contribution in [0.15, 0.2) is 0 Å². The van der Waals surface area contributed by atoms with E-state index in [1.165, 1.54) is 12.8 Å². The Morgan fingerprint density at radius 3 is 1.19 bits per heavy atom. The summed E-state index contributed by atoms with van der Waals surface area (Å²) in [5.74, 6) is 1.15. The van der Waals surface area contributed by atoms with Crippen molar-refractivity contribution in [2.75, 3.05) is 40.5 Å². The van der Waals surface area contributed by atoms with Gasteiger partial charge in [0.1, 0.15) is 0 Å². The summed E-state index contributed by atoms with van der Waals surface area (Å²) in [4.78, 5) is 5.01. The molecule has 0 aromatic carbocycles. The minimum atomic E-state index is 0.189. The minimum absolute atomic E-state index is 0.189. The zero-order valence-corrected chi connectivity index (χ0v) is 19.1. The largest absolute Gasteiger partial charge is 0.379 e. The second-order valence-corrected chi connectivity index (χ2v) is 11.0. The van der Waals surface area contributed by atoms with Crippen LogP contribution in [0.5, 0.6) is 0 Å². The highest BCUT2D eigenvalue weighted by Gasteiger charge is 2.50. The Bertz CT molecular complexity index is 441. The molecule has 4 heteroatoms. The predicted octanol–water partition coefficient (Wildman–Crippen LogP) is 4.04. The van der Waals surface area contributed by atoms with Gasteiger partial charge >= 0.3 is 0 Å². The van der Waals surface area contributed by atoms with E-state index in [1.807, 2.05) is 0 Å². The highest BCUT2D eigenvalue weighted by molar-refractivity contribution is 5.04. The van der Waals surface area contributed by atoms with Crippen molar-refractivity contribution in [3.63, 3.8) is 0 Å². The number of hydrogen-bond acceptors (Lipinski definition) is 4. The third-order valence-corrected chi connectivity index (χ3v) is 8.05. The predicted molar refractivity (Wildman–Crippen MR) is 110 cm³/mol. The first kappa shape index (κ1) is 22.1. The highest BCUT2D eigenvalue weighted by atomic mass is 16.5. The lowest BCUT2D eigenvalue weighted by Crippen LogP contribution is -2.47. The van der Waals surface area contributed by atoms with Gasteiger partial charge in [-0.05, 0) is 82.3 Å². The summed E-state index contributed by atoms with van der Waals surface area (Å²) >= 11 is 0. The van der Waals surface area contributed by atoms with Gasteiger partial charge in [-0.3, -0.25) is 9.80 Å². The number of nitrogens with zero attached hydrogens (tertiary/aromatic N) is 2. The summed E-state index contributed by atoms with van der Waals surface area (Å²) in [6, 6.07) is 0. The fourth-order valence-electron chi connectivity index (χ4n) is 5.18. The normalized spacial score (nSPS) is 33.0. The summed E-state index contributed by atoms with van der Waals surface area (Å²) in [6.07, 6.45) is 2.38. The van der Waals surface area contributed by atoms with Gasteiger partial charge in [-0.25, -0.2) is 0 Å². The quantitative estimate of drug-likeness (QED) is 0.633. The minimum Gasteiger partial charge on any atom is -0.379 e. The van der Waals surface area contributed by atoms with Crippen LogP contribution in [0.2, 0.25) is 0 Å². The fourth-order valence-corrected chi connectivity index (χ4v) is 5.18. The van der Waals surface area contributed by atoms with Gasteiger partial charge in [0, 0.05) is 34.0 Å². The van der Waals surface area contributed by atoms with Gasteiger partial charge in [-0.15, -0.1) is 0 Å². The maximum atomic E-state index is 6.01. The van der Waals surface area contributed by atoms with Crippen LogP contribution in [0.1, 0.15) is 68.2 Å². The molecule has 0 radical (unpaired) electrons. The zero-order chi connectivity index (χ0) is 20.0. The lowest BCUT2D eigenvalue weighted by molar-refractivity contribution is -0.00239. The third-order valence-electron chi connectivity index (χ3n) is 8.05. The van der Waals surface area contributed by atoms with Gasteiger partial charge < -0.3 is 9.47 Å². The molecule has 26 heavy (non-hydrogen) atoms. The summed E-state index contributed by atoms with van der Waals surface area (Å²) < 4.78 is 12.0. The molecule has 2 heterocycles. The molecule has 0 aromatic heterocycles. The lowest BCUT2D eigenvalue weighted by Gasteiger charge is -2.38. The van der Waals surface area contributed by atoms with Crippen LogP contribution >= 0.6 is 0 Å². The van der Waals surface area contributed by atoms with Crippen molar-refractivity contribution >= 4 is 0 Å². The van der Waals surface area contributed by atoms with Gasteiger partial charge in [0.05, 0.1) is 26.4 Å². The molecule has 2 aliphatic rings. The Morgan fingerprint density at radius 1 is 0.654 bits per heavy atom. The van der Waals surface area contributed by atoms with Crippen LogP contribution in [0.4, 0.5) is 0 Å². The van der Waals surface area contributed by atoms with Crippen molar-refractivity contribution in [3.8, 4) is 0 Å². The van der Waals surface area contributed by atoms with E-state index in [-0.39, 0.29) is 22.2 Å². The SMILES string of the molecule is CN1C(C)(C)CC(COCCOCC2CC(C)(C)N(C)C2(C)C)C1(C)C. The molecule has 2 saturated heterocycles. The monoisotopic (exact) mass is 368 g/mol. The number of hydrogen-bond donors (Lipinski definition) is 0. The van der Waals surface area contributed by atoms with E-state index in [1.54, 1.807) is 0 Å². The summed E-state index contributed by atoms with van der Waals surface area (Å²) in [5.41, 5.74) is 0.880. The molecule has 0 aromatic rings. The molecule has 154 valence electrons. The standard InChI is InChI=1S/C22H44N2O2/c1-19(2)13-17(21(5,6)23(19)9)15-25-11-12-26-16-18-14-20(3,4)24(10)22(18,7)8/h17-18H,11-16H2,1-10H3. The van der Waals surface area contributed by atoms with E-state index in [2.05, 4.69) is 79.3 Å². The van der Waals surface area contributed by atoms with Crippen LogP contribution in [0, 0.1) is 11.8 Å². The van der Waals surface area contributed by atoms with Crippen LogP contribution < -0.4 is 0 Å². The molecule has 0 amide bonds. The van der Waals surface area contributed by atoms with Gasteiger partial charge in [0.15, 0.2) is 0 Å². The maximum absolute atomic E-state index is 6.01. The first-order chi connectivity index (χ1) is 11.7. The van der Waals surface area contributed by atoms with Gasteiger partial charge in [-0.2, -0.15) is 0 Å². The van der Waals surface area contributed by atoms with E-state index in [4.69, 9.17) is 9.47 Å². The zero-order valence-electron chi connectivity index (χ0n) is 19.1. The van der Waals surface area contributed by atoms with Crippen molar-refractivity contribution in [2.24, 2.45) is 11.8 Å². The second kappa shape index (κ2) is 7.35. The van der Waals surface area contributed by atoms with Crippen molar-refractivity contribution in [1.29, 1.82) is 0 Å². The Labute approximate surface area is 162 Å². The van der Waals surface area contributed by atoms with Crippen molar-refractivity contribution in [2.45, 2.75) is 90.4 Å². The average molecular weight is 369 g/mol. The summed E-state index contributed by atoms with van der Waals surface area (Å²) in [5, 5.41) is 0. The van der Waals surface area contributed by atoms with Crippen molar-refractivity contribution < 1.29 is 9.47 Å². The molecule has 0 bridgehead atoms. The molecule has 2 fully saturated rings. The van der Waals surface area contributed by atoms with Crippen LogP contribution in [0.3, 0.4) is 0 Å². The molecule has 0 N–H and O–H groups in total. The first-order valence-corrected chi connectivity index (χ1v) is 10.4. The van der Waals surface area contributed by atoms with Crippen LogP contribution in [-0.2, 0) is 9.47 Å². The Hall–Kier alpha value is -0.160. The molecule has 4 nitrogen and oxygen atoms in total.